The minimum absolute atomic E-state index is 0.00732. The van der Waals surface area contributed by atoms with Crippen LogP contribution in [0.4, 0.5) is 28.9 Å². The Morgan fingerprint density at radius 2 is 1.80 bits per heavy atom. The molecule has 0 spiro atoms. The summed E-state index contributed by atoms with van der Waals surface area (Å²) >= 11 is 6.97. The van der Waals surface area contributed by atoms with E-state index in [0.29, 0.717) is 11.8 Å². The molecule has 3 aromatic rings. The highest BCUT2D eigenvalue weighted by atomic mass is 35.5. The largest absolute Gasteiger partial charge is 0.465 e. The fourth-order valence-corrected chi connectivity index (χ4v) is 5.46. The van der Waals surface area contributed by atoms with Crippen molar-refractivity contribution in [3.05, 3.63) is 85.9 Å². The maximum absolute atomic E-state index is 15.0. The van der Waals surface area contributed by atoms with Crippen LogP contribution in [0, 0.1) is 5.82 Å². The van der Waals surface area contributed by atoms with Crippen LogP contribution in [-0.4, -0.2) is 55.4 Å². The summed E-state index contributed by atoms with van der Waals surface area (Å²) in [6, 6.07) is 10.1. The van der Waals surface area contributed by atoms with Crippen molar-refractivity contribution in [3.63, 3.8) is 0 Å². The number of halogens is 5. The number of esters is 1. The molecule has 2 heterocycles. The molecule has 2 amide bonds. The van der Waals surface area contributed by atoms with Crippen LogP contribution >= 0.6 is 23.4 Å². The van der Waals surface area contributed by atoms with E-state index in [1.807, 2.05) is 0 Å². The molecule has 17 heteroatoms. The Balaban J connectivity index is 1.74. The van der Waals surface area contributed by atoms with Gasteiger partial charge in [0, 0.05) is 25.2 Å². The van der Waals surface area contributed by atoms with Gasteiger partial charge in [0.2, 0.25) is 11.8 Å². The maximum Gasteiger partial charge on any atom is 0.431 e. The molecule has 0 saturated carbocycles. The zero-order valence-electron chi connectivity index (χ0n) is 22.9. The lowest BCUT2D eigenvalue weighted by Gasteiger charge is -2.16. The summed E-state index contributed by atoms with van der Waals surface area (Å²) in [5, 5.41) is 1.10. The summed E-state index contributed by atoms with van der Waals surface area (Å²) in [7, 11) is 0.762. The van der Waals surface area contributed by atoms with E-state index in [4.69, 9.17) is 16.3 Å². The average molecular weight is 656 g/mol. The number of nitrogens with zero attached hydrogens (tertiary/aromatic N) is 4. The second-order valence-corrected chi connectivity index (χ2v) is 10.7. The number of hydrogen-bond acceptors (Lipinski definition) is 8. The molecule has 1 aromatic heterocycles. The fourth-order valence-electron chi connectivity index (χ4n) is 4.11. The van der Waals surface area contributed by atoms with Crippen molar-refractivity contribution >= 4 is 57.7 Å². The Labute approximate surface area is 255 Å². The normalized spacial score (nSPS) is 16.0. The summed E-state index contributed by atoms with van der Waals surface area (Å²) < 4.78 is 60.1. The van der Waals surface area contributed by atoms with Crippen LogP contribution in [0.3, 0.4) is 0 Å². The van der Waals surface area contributed by atoms with Crippen LogP contribution in [0.1, 0.15) is 19.0 Å². The molecule has 44 heavy (non-hydrogen) atoms. The molecule has 1 unspecified atom stereocenters. The molecule has 2 aromatic carbocycles. The molecule has 4 rings (SSSR count). The Hall–Kier alpha value is -4.44. The minimum Gasteiger partial charge on any atom is -0.465 e. The summed E-state index contributed by atoms with van der Waals surface area (Å²) in [6.07, 6.45) is -5.36. The van der Waals surface area contributed by atoms with E-state index in [-0.39, 0.29) is 44.1 Å². The number of carbonyl (C=O) groups is 3. The van der Waals surface area contributed by atoms with Crippen LogP contribution in [0.25, 0.3) is 5.69 Å². The van der Waals surface area contributed by atoms with Crippen molar-refractivity contribution in [1.29, 1.82) is 0 Å². The van der Waals surface area contributed by atoms with E-state index < -0.39 is 64.2 Å². The number of thioether (sulfide) groups is 1. The number of anilines is 1. The van der Waals surface area contributed by atoms with Gasteiger partial charge in [-0.3, -0.25) is 28.6 Å². The SMILES string of the molecule is CCOC(=O)CN1C(=O)C(CC(=O)Nc2ccccc2)S/C1=N\c1cc(-n2c(=O)cc(C(F)(F)F)n(C)c2=O)c(F)cc1Cl. The van der Waals surface area contributed by atoms with Crippen molar-refractivity contribution in [1.82, 2.24) is 14.0 Å². The van der Waals surface area contributed by atoms with Crippen molar-refractivity contribution in [2.75, 3.05) is 18.5 Å². The van der Waals surface area contributed by atoms with E-state index in [0.717, 1.165) is 29.8 Å². The maximum atomic E-state index is 15.0. The number of ether oxygens (including phenoxy) is 1. The van der Waals surface area contributed by atoms with Gasteiger partial charge in [-0.05, 0) is 31.2 Å². The number of carbonyl (C=O) groups excluding carboxylic acids is 3. The minimum atomic E-state index is -5.04. The van der Waals surface area contributed by atoms with Crippen LogP contribution < -0.4 is 16.6 Å². The molecule has 11 nitrogen and oxygen atoms in total. The molecular weight excluding hydrogens is 634 g/mol. The first-order valence-corrected chi connectivity index (χ1v) is 13.9. The number of aromatic nitrogens is 2. The molecule has 1 aliphatic rings. The first-order valence-electron chi connectivity index (χ1n) is 12.7. The Bertz CT molecular complexity index is 1780. The van der Waals surface area contributed by atoms with Crippen LogP contribution in [0.5, 0.6) is 0 Å². The third-order valence-corrected chi connectivity index (χ3v) is 7.60. The number of rotatable bonds is 8. The molecule has 1 atom stereocenters. The second-order valence-electron chi connectivity index (χ2n) is 9.15. The number of amidine groups is 1. The Morgan fingerprint density at radius 3 is 2.43 bits per heavy atom. The van der Waals surface area contributed by atoms with Gasteiger partial charge < -0.3 is 10.1 Å². The van der Waals surface area contributed by atoms with Gasteiger partial charge in [-0.25, -0.2) is 18.7 Å². The van der Waals surface area contributed by atoms with Gasteiger partial charge in [-0.2, -0.15) is 13.2 Å². The summed E-state index contributed by atoms with van der Waals surface area (Å²) in [5.41, 5.74) is -5.09. The summed E-state index contributed by atoms with van der Waals surface area (Å²) in [5.74, 6) is -3.21. The number of benzene rings is 2. The lowest BCUT2D eigenvalue weighted by atomic mass is 10.2. The van der Waals surface area contributed by atoms with Gasteiger partial charge in [-0.15, -0.1) is 0 Å². The highest BCUT2D eigenvalue weighted by Crippen LogP contribution is 2.36. The number of para-hydroxylation sites is 1. The van der Waals surface area contributed by atoms with E-state index in [9.17, 15) is 41.5 Å². The predicted molar refractivity (Wildman–Crippen MR) is 154 cm³/mol. The molecule has 1 fully saturated rings. The zero-order chi connectivity index (χ0) is 32.3. The number of amides is 2. The third kappa shape index (κ3) is 7.02. The van der Waals surface area contributed by atoms with Crippen molar-refractivity contribution in [2.45, 2.75) is 24.8 Å². The Kier molecular flexibility index (Phi) is 9.63. The zero-order valence-corrected chi connectivity index (χ0v) is 24.4. The van der Waals surface area contributed by atoms with Crippen molar-refractivity contribution < 1.29 is 36.7 Å². The molecule has 0 aliphatic carbocycles. The smallest absolute Gasteiger partial charge is 0.431 e. The third-order valence-electron chi connectivity index (χ3n) is 6.12. The monoisotopic (exact) mass is 655 g/mol. The topological polar surface area (TPSA) is 132 Å². The molecule has 0 bridgehead atoms. The molecule has 1 aliphatic heterocycles. The van der Waals surface area contributed by atoms with E-state index >= 15 is 0 Å². The van der Waals surface area contributed by atoms with Gasteiger partial charge in [-0.1, -0.05) is 41.6 Å². The predicted octanol–water partition coefficient (Wildman–Crippen LogP) is 3.87. The van der Waals surface area contributed by atoms with Crippen LogP contribution in [0.15, 0.2) is 63.1 Å². The standard InChI is InChI=1S/C27H22ClF4N5O6S/c1-3-43-23(40)13-36-24(41)19(11-21(38)33-14-7-5-4-6-8-14)44-25(36)34-17-10-18(16(29)9-15(17)28)37-22(39)12-20(27(30,31)32)35(2)26(37)42/h4-10,12,19H,3,11,13H2,1-2H3,(H,33,38)/b34-25-. The van der Waals surface area contributed by atoms with Crippen LogP contribution in [-0.2, 0) is 32.3 Å². The number of alkyl halides is 3. The molecule has 232 valence electrons. The van der Waals surface area contributed by atoms with E-state index in [1.54, 1.807) is 37.3 Å². The second kappa shape index (κ2) is 13.1. The van der Waals surface area contributed by atoms with Gasteiger partial charge in [0.1, 0.15) is 23.3 Å². The quantitative estimate of drug-likeness (QED) is 0.288. The lowest BCUT2D eigenvalue weighted by molar-refractivity contribution is -0.146. The summed E-state index contributed by atoms with van der Waals surface area (Å²) in [4.78, 5) is 68.7. The molecule has 1 saturated heterocycles. The fraction of sp³-hybridized carbons (Fsp3) is 0.259. The lowest BCUT2D eigenvalue weighted by Crippen LogP contribution is -2.41. The molecular formula is C27H22ClF4N5O6S. The van der Waals surface area contributed by atoms with Crippen molar-refractivity contribution in [2.24, 2.45) is 12.0 Å². The van der Waals surface area contributed by atoms with E-state index in [2.05, 4.69) is 10.3 Å². The Morgan fingerprint density at radius 1 is 1.11 bits per heavy atom. The molecule has 1 N–H and O–H groups in total. The van der Waals surface area contributed by atoms with Gasteiger partial charge >= 0.3 is 17.8 Å². The highest BCUT2D eigenvalue weighted by Gasteiger charge is 2.41. The highest BCUT2D eigenvalue weighted by molar-refractivity contribution is 8.15. The number of nitrogens with one attached hydrogen (secondary N) is 1. The van der Waals surface area contributed by atoms with Crippen molar-refractivity contribution in [3.8, 4) is 5.69 Å². The molecule has 0 radical (unpaired) electrons. The van der Waals surface area contributed by atoms with E-state index in [1.165, 1.54) is 0 Å². The first kappa shape index (κ1) is 32.5. The van der Waals surface area contributed by atoms with Crippen LogP contribution in [0.2, 0.25) is 5.02 Å². The summed E-state index contributed by atoms with van der Waals surface area (Å²) in [6.45, 7) is 0.963. The van der Waals surface area contributed by atoms with Gasteiger partial charge in [0.25, 0.3) is 5.56 Å². The number of hydrogen-bond donors (Lipinski definition) is 1. The van der Waals surface area contributed by atoms with Gasteiger partial charge in [0.15, 0.2) is 5.17 Å². The van der Waals surface area contributed by atoms with Gasteiger partial charge in [0.05, 0.1) is 23.0 Å². The number of aliphatic imine (C=N–C) groups is 1. The first-order chi connectivity index (χ1) is 20.7. The average Bonchev–Trinajstić information content (AvgIpc) is 3.21.